The SMILES string of the molecule is Cc1nn2c(/C=C3/C(=O)Nc4ccc(F)cc43)c(-c3ccc(Cl)cc3)nc2s1. The molecule has 138 valence electrons. The fraction of sp³-hybridized carbons (Fsp3) is 0.0500. The highest BCUT2D eigenvalue weighted by atomic mass is 35.5. The van der Waals surface area contributed by atoms with Crippen molar-refractivity contribution in [3.8, 4) is 11.3 Å². The smallest absolute Gasteiger partial charge is 0.256 e. The number of aromatic nitrogens is 3. The molecule has 0 spiro atoms. The fourth-order valence-corrected chi connectivity index (χ4v) is 4.12. The van der Waals surface area contributed by atoms with Crippen LogP contribution in [0.4, 0.5) is 10.1 Å². The molecule has 0 fully saturated rings. The van der Waals surface area contributed by atoms with E-state index in [1.807, 2.05) is 19.1 Å². The van der Waals surface area contributed by atoms with E-state index in [1.54, 1.807) is 28.8 Å². The molecule has 0 aliphatic carbocycles. The Bertz CT molecular complexity index is 1290. The summed E-state index contributed by atoms with van der Waals surface area (Å²) in [5.41, 5.74) is 3.67. The summed E-state index contributed by atoms with van der Waals surface area (Å²) in [4.78, 5) is 18.0. The summed E-state index contributed by atoms with van der Waals surface area (Å²) in [5.74, 6) is -0.688. The number of nitrogens with one attached hydrogen (secondary N) is 1. The number of hydrogen-bond donors (Lipinski definition) is 1. The molecule has 4 aromatic rings. The lowest BCUT2D eigenvalue weighted by Gasteiger charge is -2.02. The summed E-state index contributed by atoms with van der Waals surface area (Å²) in [6.07, 6.45) is 1.71. The first-order valence-corrected chi connectivity index (χ1v) is 9.64. The van der Waals surface area contributed by atoms with Crippen molar-refractivity contribution in [3.05, 3.63) is 69.6 Å². The van der Waals surface area contributed by atoms with Crippen molar-refractivity contribution in [1.29, 1.82) is 0 Å². The predicted octanol–water partition coefficient (Wildman–Crippen LogP) is 5.05. The summed E-state index contributed by atoms with van der Waals surface area (Å²) >= 11 is 7.47. The molecule has 0 saturated carbocycles. The molecule has 1 N–H and O–H groups in total. The summed E-state index contributed by atoms with van der Waals surface area (Å²) in [6, 6.07) is 11.5. The van der Waals surface area contributed by atoms with E-state index < -0.39 is 5.82 Å². The third kappa shape index (κ3) is 2.71. The Kier molecular flexibility index (Phi) is 3.82. The van der Waals surface area contributed by atoms with Gasteiger partial charge in [-0.3, -0.25) is 4.79 Å². The topological polar surface area (TPSA) is 59.3 Å². The van der Waals surface area contributed by atoms with Gasteiger partial charge in [0.2, 0.25) is 4.96 Å². The molecule has 1 aliphatic heterocycles. The number of amides is 1. The van der Waals surface area contributed by atoms with Crippen molar-refractivity contribution in [2.75, 3.05) is 5.32 Å². The van der Waals surface area contributed by atoms with Crippen LogP contribution in [0.1, 0.15) is 16.3 Å². The number of hydrogen-bond acceptors (Lipinski definition) is 4. The van der Waals surface area contributed by atoms with Gasteiger partial charge in [-0.15, -0.1) is 0 Å². The van der Waals surface area contributed by atoms with Gasteiger partial charge < -0.3 is 5.32 Å². The number of carbonyl (C=O) groups is 1. The molecule has 5 rings (SSSR count). The Morgan fingerprint density at radius 3 is 2.79 bits per heavy atom. The summed E-state index contributed by atoms with van der Waals surface area (Å²) in [5, 5.41) is 8.76. The average Bonchev–Trinajstić information content (AvgIpc) is 3.28. The first-order chi connectivity index (χ1) is 13.5. The molecule has 1 aliphatic rings. The zero-order valence-corrected chi connectivity index (χ0v) is 16.1. The molecule has 0 saturated heterocycles. The van der Waals surface area contributed by atoms with Crippen molar-refractivity contribution in [2.24, 2.45) is 0 Å². The lowest BCUT2D eigenvalue weighted by molar-refractivity contribution is -0.110. The third-order valence-electron chi connectivity index (χ3n) is 4.50. The van der Waals surface area contributed by atoms with Gasteiger partial charge in [0, 0.05) is 21.8 Å². The van der Waals surface area contributed by atoms with Crippen LogP contribution in [-0.2, 0) is 4.79 Å². The van der Waals surface area contributed by atoms with Crippen LogP contribution in [0.3, 0.4) is 0 Å². The zero-order valence-electron chi connectivity index (χ0n) is 14.5. The highest BCUT2D eigenvalue weighted by molar-refractivity contribution is 7.16. The van der Waals surface area contributed by atoms with E-state index in [1.165, 1.54) is 23.5 Å². The lowest BCUT2D eigenvalue weighted by atomic mass is 10.0. The monoisotopic (exact) mass is 410 g/mol. The van der Waals surface area contributed by atoms with Crippen LogP contribution in [0.25, 0.3) is 27.9 Å². The quantitative estimate of drug-likeness (QED) is 0.470. The molecular weight excluding hydrogens is 399 g/mol. The Morgan fingerprint density at radius 1 is 1.21 bits per heavy atom. The first kappa shape index (κ1) is 17.1. The van der Waals surface area contributed by atoms with Gasteiger partial charge in [-0.2, -0.15) is 5.10 Å². The molecule has 2 aromatic heterocycles. The van der Waals surface area contributed by atoms with Gasteiger partial charge in [0.05, 0.1) is 17.0 Å². The molecule has 0 radical (unpaired) electrons. The zero-order chi connectivity index (χ0) is 19.4. The molecule has 1 amide bonds. The highest BCUT2D eigenvalue weighted by Gasteiger charge is 2.26. The number of halogens is 2. The molecule has 2 aromatic carbocycles. The first-order valence-electron chi connectivity index (χ1n) is 8.45. The highest BCUT2D eigenvalue weighted by Crippen LogP contribution is 2.36. The molecular formula is C20H12ClFN4OS. The standard InChI is InChI=1S/C20H12ClFN4OS/c1-10-25-26-17(9-15-14-8-13(22)6-7-16(14)23-19(15)27)18(24-20(26)28-10)11-2-4-12(21)5-3-11/h2-9H,1H3,(H,23,27)/b15-9+. The molecule has 0 atom stereocenters. The van der Waals surface area contributed by atoms with E-state index in [0.29, 0.717) is 38.2 Å². The number of carbonyl (C=O) groups excluding carboxylic acids is 1. The Labute approximate surface area is 168 Å². The minimum atomic E-state index is -0.401. The normalized spacial score (nSPS) is 14.7. The second-order valence-corrected chi connectivity index (χ2v) is 7.97. The van der Waals surface area contributed by atoms with Gasteiger partial charge >= 0.3 is 0 Å². The van der Waals surface area contributed by atoms with Gasteiger partial charge in [0.15, 0.2) is 0 Å². The van der Waals surface area contributed by atoms with Gasteiger partial charge in [0.1, 0.15) is 10.8 Å². The molecule has 0 bridgehead atoms. The van der Waals surface area contributed by atoms with Crippen molar-refractivity contribution in [3.63, 3.8) is 0 Å². The predicted molar refractivity (Wildman–Crippen MR) is 109 cm³/mol. The Hall–Kier alpha value is -3.03. The van der Waals surface area contributed by atoms with Crippen LogP contribution < -0.4 is 5.32 Å². The number of aryl methyl sites for hydroxylation is 1. The molecule has 3 heterocycles. The van der Waals surface area contributed by atoms with Crippen LogP contribution >= 0.6 is 22.9 Å². The van der Waals surface area contributed by atoms with Crippen LogP contribution in [0.15, 0.2) is 42.5 Å². The van der Waals surface area contributed by atoms with E-state index in [4.69, 9.17) is 16.6 Å². The summed E-state index contributed by atoms with van der Waals surface area (Å²) in [6.45, 7) is 1.89. The average molecular weight is 411 g/mol. The molecule has 0 unspecified atom stereocenters. The van der Waals surface area contributed by atoms with Crippen molar-refractivity contribution in [1.82, 2.24) is 14.6 Å². The van der Waals surface area contributed by atoms with E-state index in [0.717, 1.165) is 10.6 Å². The van der Waals surface area contributed by atoms with Gasteiger partial charge in [0.25, 0.3) is 5.91 Å². The minimum absolute atomic E-state index is 0.287. The van der Waals surface area contributed by atoms with E-state index >= 15 is 0 Å². The Morgan fingerprint density at radius 2 is 2.00 bits per heavy atom. The van der Waals surface area contributed by atoms with Crippen LogP contribution in [0, 0.1) is 12.7 Å². The van der Waals surface area contributed by atoms with Crippen molar-refractivity contribution >= 4 is 51.1 Å². The number of imidazole rings is 1. The summed E-state index contributed by atoms with van der Waals surface area (Å²) < 4.78 is 15.5. The van der Waals surface area contributed by atoms with E-state index in [2.05, 4.69) is 10.4 Å². The van der Waals surface area contributed by atoms with Gasteiger partial charge in [-0.1, -0.05) is 35.1 Å². The van der Waals surface area contributed by atoms with Gasteiger partial charge in [-0.25, -0.2) is 13.9 Å². The number of nitrogens with zero attached hydrogens (tertiary/aromatic N) is 3. The summed E-state index contributed by atoms with van der Waals surface area (Å²) in [7, 11) is 0. The van der Waals surface area contributed by atoms with Crippen LogP contribution in [0.2, 0.25) is 5.02 Å². The maximum atomic E-state index is 13.8. The number of anilines is 1. The third-order valence-corrected chi connectivity index (χ3v) is 5.58. The number of benzene rings is 2. The fourth-order valence-electron chi connectivity index (χ4n) is 3.25. The van der Waals surface area contributed by atoms with Crippen molar-refractivity contribution in [2.45, 2.75) is 6.92 Å². The molecule has 5 nitrogen and oxygen atoms in total. The van der Waals surface area contributed by atoms with Crippen LogP contribution in [0.5, 0.6) is 0 Å². The largest absolute Gasteiger partial charge is 0.321 e. The maximum absolute atomic E-state index is 13.8. The molecule has 28 heavy (non-hydrogen) atoms. The molecule has 8 heteroatoms. The van der Waals surface area contributed by atoms with Crippen LogP contribution in [-0.4, -0.2) is 20.5 Å². The Balaban J connectivity index is 1.76. The van der Waals surface area contributed by atoms with Gasteiger partial charge in [-0.05, 0) is 43.3 Å². The van der Waals surface area contributed by atoms with E-state index in [9.17, 15) is 9.18 Å². The lowest BCUT2D eigenvalue weighted by Crippen LogP contribution is -2.04. The second-order valence-electron chi connectivity index (χ2n) is 6.37. The van der Waals surface area contributed by atoms with E-state index in [-0.39, 0.29) is 5.91 Å². The maximum Gasteiger partial charge on any atom is 0.256 e. The number of fused-ring (bicyclic) bond motifs is 2. The van der Waals surface area contributed by atoms with Crippen molar-refractivity contribution < 1.29 is 9.18 Å². The minimum Gasteiger partial charge on any atom is -0.321 e. The number of rotatable bonds is 2. The second kappa shape index (κ2) is 6.25.